The van der Waals surface area contributed by atoms with E-state index in [1.54, 1.807) is 0 Å². The number of hydrogen-bond donors (Lipinski definition) is 2. The molecular formula is C26H26F6N2O7S. The number of hydrogen-bond acceptors (Lipinski definition) is 6. The Morgan fingerprint density at radius 3 is 2.33 bits per heavy atom. The summed E-state index contributed by atoms with van der Waals surface area (Å²) in [5.74, 6) is -2.17. The number of carbonyl (C=O) groups is 2. The summed E-state index contributed by atoms with van der Waals surface area (Å²) in [4.78, 5) is 23.3. The van der Waals surface area contributed by atoms with Crippen LogP contribution in [-0.4, -0.2) is 50.0 Å². The summed E-state index contributed by atoms with van der Waals surface area (Å²) < 4.78 is 118. The van der Waals surface area contributed by atoms with Crippen LogP contribution < -0.4 is 14.4 Å². The van der Waals surface area contributed by atoms with Crippen LogP contribution in [-0.2, 0) is 25.7 Å². The Morgan fingerprint density at radius 2 is 1.76 bits per heavy atom. The first-order valence-corrected chi connectivity index (χ1v) is 14.0. The van der Waals surface area contributed by atoms with E-state index >= 15 is 0 Å². The van der Waals surface area contributed by atoms with Gasteiger partial charge in [0.25, 0.3) is 10.0 Å². The molecule has 2 aromatic rings. The summed E-state index contributed by atoms with van der Waals surface area (Å²) in [6.07, 6.45) is -11.0. The summed E-state index contributed by atoms with van der Waals surface area (Å²) >= 11 is 0. The smallest absolute Gasteiger partial charge is 0.427 e. The van der Waals surface area contributed by atoms with Crippen LogP contribution in [0.2, 0.25) is 0 Å². The van der Waals surface area contributed by atoms with Gasteiger partial charge in [0.15, 0.2) is 0 Å². The van der Waals surface area contributed by atoms with Gasteiger partial charge < -0.3 is 14.6 Å². The molecule has 2 atom stereocenters. The second-order valence-corrected chi connectivity index (χ2v) is 12.4. The van der Waals surface area contributed by atoms with Crippen LogP contribution >= 0.6 is 0 Å². The Kier molecular flexibility index (Phi) is 8.08. The Morgan fingerprint density at radius 1 is 1.10 bits per heavy atom. The number of rotatable bonds is 8. The van der Waals surface area contributed by atoms with E-state index in [1.807, 2.05) is 0 Å². The number of carbonyl (C=O) groups excluding carboxylic acids is 1. The number of fused-ring (bicyclic) bond motifs is 1. The summed E-state index contributed by atoms with van der Waals surface area (Å²) in [7, 11) is -4.73. The quantitative estimate of drug-likeness (QED) is 0.343. The van der Waals surface area contributed by atoms with Crippen LogP contribution in [0.5, 0.6) is 5.75 Å². The molecule has 0 bridgehead atoms. The van der Waals surface area contributed by atoms with E-state index in [0.29, 0.717) is 38.8 Å². The van der Waals surface area contributed by atoms with Gasteiger partial charge in [0, 0.05) is 5.69 Å². The largest absolute Gasteiger partial charge is 0.486 e. The minimum Gasteiger partial charge on any atom is -0.486 e. The summed E-state index contributed by atoms with van der Waals surface area (Å²) in [5, 5.41) is 11.7. The average molecular weight is 625 g/mol. The number of benzene rings is 2. The Hall–Kier alpha value is -3.69. The number of ether oxygens (including phenoxy) is 2. The van der Waals surface area contributed by atoms with Gasteiger partial charge in [-0.05, 0) is 75.4 Å². The van der Waals surface area contributed by atoms with Gasteiger partial charge in [0.1, 0.15) is 11.9 Å². The molecule has 2 N–H and O–H groups in total. The standard InChI is InChI=1S/C26H26F6N2O7S/c1-24(2,26(30,31)32)41-23(37)33-16-8-9-21-20(11-16)34(13-17(40-21)12-19(22(35)36)14-6-7-14)42(38,39)18-5-3-4-15(10-18)25(27,28)29/h3-5,8-11,14,17,19H,6-7,12-13H2,1-2H3,(H,33,37)(H,35,36)/t17-,19-/m0/s1. The second kappa shape index (κ2) is 10.9. The van der Waals surface area contributed by atoms with Crippen LogP contribution in [0.15, 0.2) is 47.4 Å². The molecule has 0 saturated heterocycles. The lowest BCUT2D eigenvalue weighted by molar-refractivity contribution is -0.242. The highest BCUT2D eigenvalue weighted by molar-refractivity contribution is 7.92. The fourth-order valence-electron chi connectivity index (χ4n) is 4.41. The van der Waals surface area contributed by atoms with Crippen molar-refractivity contribution in [3.8, 4) is 5.75 Å². The van der Waals surface area contributed by atoms with Gasteiger partial charge in [-0.2, -0.15) is 26.3 Å². The van der Waals surface area contributed by atoms with Crippen molar-refractivity contribution in [2.45, 2.75) is 62.1 Å². The van der Waals surface area contributed by atoms with Gasteiger partial charge >= 0.3 is 24.4 Å². The van der Waals surface area contributed by atoms with E-state index in [1.165, 1.54) is 12.1 Å². The molecule has 0 spiro atoms. The molecule has 2 aliphatic rings. The van der Waals surface area contributed by atoms with Crippen molar-refractivity contribution >= 4 is 33.5 Å². The van der Waals surface area contributed by atoms with Gasteiger partial charge in [-0.1, -0.05) is 6.07 Å². The summed E-state index contributed by atoms with van der Waals surface area (Å²) in [6.45, 7) is 0.767. The molecule has 230 valence electrons. The van der Waals surface area contributed by atoms with E-state index in [9.17, 15) is 49.5 Å². The first-order chi connectivity index (χ1) is 19.3. The number of amides is 1. The number of aliphatic carboxylic acids is 1. The zero-order chi connectivity index (χ0) is 31.3. The molecular weight excluding hydrogens is 598 g/mol. The van der Waals surface area contributed by atoms with E-state index in [4.69, 9.17) is 4.74 Å². The number of carboxylic acid groups (broad SMARTS) is 1. The van der Waals surface area contributed by atoms with Crippen LogP contribution in [0, 0.1) is 11.8 Å². The zero-order valence-corrected chi connectivity index (χ0v) is 22.9. The van der Waals surface area contributed by atoms with Crippen LogP contribution in [0.3, 0.4) is 0 Å². The van der Waals surface area contributed by atoms with E-state index in [-0.39, 0.29) is 29.5 Å². The SMILES string of the molecule is CC(C)(OC(=O)Nc1ccc2c(c1)N(S(=O)(=O)c1cccc(C(F)(F)F)c1)C[C@H](C[C@H](C(=O)O)C1CC1)O2)C(F)(F)F. The van der Waals surface area contributed by atoms with E-state index < -0.39 is 69.1 Å². The molecule has 1 fully saturated rings. The number of sulfonamides is 1. The minimum atomic E-state index is -4.90. The summed E-state index contributed by atoms with van der Waals surface area (Å²) in [5.41, 5.74) is -4.53. The van der Waals surface area contributed by atoms with Crippen molar-refractivity contribution in [3.63, 3.8) is 0 Å². The predicted octanol–water partition coefficient (Wildman–Crippen LogP) is 6.05. The summed E-state index contributed by atoms with van der Waals surface area (Å²) in [6, 6.07) is 6.45. The van der Waals surface area contributed by atoms with Gasteiger partial charge in [0.2, 0.25) is 5.60 Å². The number of alkyl halides is 6. The molecule has 16 heteroatoms. The molecule has 0 aromatic heterocycles. The molecule has 2 aromatic carbocycles. The third-order valence-electron chi connectivity index (χ3n) is 6.94. The number of carboxylic acids is 1. The molecule has 1 heterocycles. The monoisotopic (exact) mass is 624 g/mol. The normalized spacial score (nSPS) is 18.5. The van der Waals surface area contributed by atoms with Gasteiger partial charge in [-0.3, -0.25) is 14.4 Å². The first-order valence-electron chi connectivity index (χ1n) is 12.6. The van der Waals surface area contributed by atoms with Crippen molar-refractivity contribution in [1.82, 2.24) is 0 Å². The number of anilines is 2. The third kappa shape index (κ3) is 6.68. The van der Waals surface area contributed by atoms with Crippen molar-refractivity contribution in [2.24, 2.45) is 11.8 Å². The van der Waals surface area contributed by atoms with Crippen molar-refractivity contribution in [1.29, 1.82) is 0 Å². The molecule has 1 saturated carbocycles. The number of nitrogens with one attached hydrogen (secondary N) is 1. The van der Waals surface area contributed by atoms with Crippen molar-refractivity contribution in [3.05, 3.63) is 48.0 Å². The lowest BCUT2D eigenvalue weighted by atomic mass is 9.95. The van der Waals surface area contributed by atoms with E-state index in [0.717, 1.165) is 22.5 Å². The third-order valence-corrected chi connectivity index (χ3v) is 8.72. The molecule has 42 heavy (non-hydrogen) atoms. The number of nitrogens with zero attached hydrogens (tertiary/aromatic N) is 1. The maximum Gasteiger partial charge on any atom is 0.427 e. The average Bonchev–Trinajstić information content (AvgIpc) is 3.70. The predicted molar refractivity (Wildman–Crippen MR) is 136 cm³/mol. The maximum absolute atomic E-state index is 13.7. The highest BCUT2D eigenvalue weighted by atomic mass is 32.2. The molecule has 0 radical (unpaired) electrons. The van der Waals surface area contributed by atoms with Crippen LogP contribution in [0.1, 0.15) is 38.7 Å². The number of halogens is 6. The fraction of sp³-hybridized carbons (Fsp3) is 0.462. The Labute approximate surface area is 236 Å². The topological polar surface area (TPSA) is 122 Å². The molecule has 1 amide bonds. The maximum atomic E-state index is 13.7. The van der Waals surface area contributed by atoms with Gasteiger partial charge in [-0.15, -0.1) is 0 Å². The first kappa shape index (κ1) is 31.3. The molecule has 0 unspecified atom stereocenters. The molecule has 1 aliphatic heterocycles. The molecule has 9 nitrogen and oxygen atoms in total. The van der Waals surface area contributed by atoms with Gasteiger partial charge in [-0.25, -0.2) is 13.2 Å². The van der Waals surface area contributed by atoms with Crippen molar-refractivity contribution < 1.29 is 58.9 Å². The highest BCUT2D eigenvalue weighted by Crippen LogP contribution is 2.44. The fourth-order valence-corrected chi connectivity index (χ4v) is 5.95. The van der Waals surface area contributed by atoms with Gasteiger partial charge in [0.05, 0.1) is 28.6 Å². The zero-order valence-electron chi connectivity index (χ0n) is 22.1. The lowest BCUT2D eigenvalue weighted by Crippen LogP contribution is -2.45. The second-order valence-electron chi connectivity index (χ2n) is 10.5. The minimum absolute atomic E-state index is 0.0904. The molecule has 4 rings (SSSR count). The Balaban J connectivity index is 1.70. The Bertz CT molecular complexity index is 1470. The van der Waals surface area contributed by atoms with Crippen LogP contribution in [0.25, 0.3) is 0 Å². The van der Waals surface area contributed by atoms with E-state index in [2.05, 4.69) is 10.1 Å². The highest BCUT2D eigenvalue weighted by Gasteiger charge is 2.51. The van der Waals surface area contributed by atoms with Crippen LogP contribution in [0.4, 0.5) is 42.5 Å². The van der Waals surface area contributed by atoms with Crippen molar-refractivity contribution in [2.75, 3.05) is 16.2 Å². The lowest BCUT2D eigenvalue weighted by Gasteiger charge is -2.36. The molecule has 1 aliphatic carbocycles.